The van der Waals surface area contributed by atoms with Gasteiger partial charge >= 0.3 is 6.09 Å². The fourth-order valence-corrected chi connectivity index (χ4v) is 10.8. The predicted molar refractivity (Wildman–Crippen MR) is 237 cm³/mol. The number of piperidine rings is 2. The second-order valence-corrected chi connectivity index (χ2v) is 20.0. The average Bonchev–Trinajstić information content (AvgIpc) is 3.87. The lowest BCUT2D eigenvalue weighted by Gasteiger charge is -2.46. The molecule has 4 aliphatic heterocycles. The largest absolute Gasteiger partial charge is 0.444 e. The molecule has 2 aromatic rings. The number of benzene rings is 2. The van der Waals surface area contributed by atoms with Gasteiger partial charge in [0.25, 0.3) is 11.8 Å². The van der Waals surface area contributed by atoms with E-state index in [1.165, 1.54) is 49.2 Å². The zero-order chi connectivity index (χ0) is 42.0. The first-order valence-electron chi connectivity index (χ1n) is 22.5. The third-order valence-corrected chi connectivity index (χ3v) is 14.2. The van der Waals surface area contributed by atoms with Gasteiger partial charge in [0.15, 0.2) is 0 Å². The van der Waals surface area contributed by atoms with Gasteiger partial charge in [0.1, 0.15) is 5.60 Å². The fourth-order valence-electron chi connectivity index (χ4n) is 10.8. The lowest BCUT2D eigenvalue weighted by Crippen LogP contribution is -2.47. The molecule has 0 radical (unpaired) electrons. The molecule has 2 aliphatic carbocycles. The zero-order valence-corrected chi connectivity index (χ0v) is 37.0. The quantitative estimate of drug-likeness (QED) is 0.204. The topological polar surface area (TPSA) is 130 Å². The summed E-state index contributed by atoms with van der Waals surface area (Å²) in [4.78, 5) is 43.9. The van der Waals surface area contributed by atoms with Gasteiger partial charge in [-0.25, -0.2) is 4.79 Å². The van der Waals surface area contributed by atoms with Crippen LogP contribution in [0.25, 0.3) is 0 Å². The van der Waals surface area contributed by atoms with Crippen LogP contribution in [0, 0.1) is 10.8 Å². The van der Waals surface area contributed by atoms with Gasteiger partial charge in [-0.2, -0.15) is 0 Å². The van der Waals surface area contributed by atoms with Crippen molar-refractivity contribution in [2.24, 2.45) is 10.8 Å². The molecule has 8 rings (SSSR count). The molecule has 12 nitrogen and oxygen atoms in total. The van der Waals surface area contributed by atoms with Crippen LogP contribution in [0.15, 0.2) is 36.4 Å². The molecule has 4 saturated heterocycles. The van der Waals surface area contributed by atoms with Crippen molar-refractivity contribution in [2.75, 3.05) is 91.2 Å². The molecular formula is C47H72N8O4. The Kier molecular flexibility index (Phi) is 13.2. The molecule has 6 fully saturated rings. The number of nitrogens with zero attached hydrogens (tertiary/aromatic N) is 3. The van der Waals surface area contributed by atoms with Gasteiger partial charge in [0.05, 0.1) is 0 Å². The number of hydrogen-bond donors (Lipinski definition) is 5. The van der Waals surface area contributed by atoms with Gasteiger partial charge in [-0.3, -0.25) is 9.59 Å². The fraction of sp³-hybridized carbons (Fsp3) is 0.681. The van der Waals surface area contributed by atoms with E-state index in [4.69, 9.17) is 4.74 Å². The maximum atomic E-state index is 12.5. The summed E-state index contributed by atoms with van der Waals surface area (Å²) in [5.41, 5.74) is 6.62. The first-order chi connectivity index (χ1) is 28.2. The Morgan fingerprint density at radius 1 is 0.695 bits per heavy atom. The molecule has 5 N–H and O–H groups in total. The highest BCUT2D eigenvalue weighted by molar-refractivity contribution is 5.96. The van der Waals surface area contributed by atoms with Crippen LogP contribution < -0.4 is 26.6 Å². The molecule has 3 amide bonds. The first kappa shape index (κ1) is 43.2. The van der Waals surface area contributed by atoms with Gasteiger partial charge in [0, 0.05) is 68.3 Å². The number of carbonyl (C=O) groups excluding carboxylic acids is 3. The maximum absolute atomic E-state index is 12.5. The lowest BCUT2D eigenvalue weighted by molar-refractivity contribution is 0.0237. The molecule has 0 bridgehead atoms. The van der Waals surface area contributed by atoms with Crippen LogP contribution in [0.3, 0.4) is 0 Å². The molecule has 59 heavy (non-hydrogen) atoms. The van der Waals surface area contributed by atoms with E-state index in [2.05, 4.69) is 68.7 Å². The van der Waals surface area contributed by atoms with Gasteiger partial charge in [-0.15, -0.1) is 0 Å². The van der Waals surface area contributed by atoms with E-state index in [9.17, 15) is 14.4 Å². The van der Waals surface area contributed by atoms with E-state index >= 15 is 0 Å². The van der Waals surface area contributed by atoms with Crippen molar-refractivity contribution >= 4 is 29.3 Å². The van der Waals surface area contributed by atoms with Crippen LogP contribution in [0.2, 0.25) is 0 Å². The Bertz CT molecular complexity index is 1790. The second kappa shape index (κ2) is 18.0. The van der Waals surface area contributed by atoms with Gasteiger partial charge in [-0.05, 0) is 202 Å². The maximum Gasteiger partial charge on any atom is 0.410 e. The van der Waals surface area contributed by atoms with Crippen LogP contribution >= 0.6 is 0 Å². The predicted octanol–water partition coefficient (Wildman–Crippen LogP) is 6.47. The number of carbonyl (C=O) groups is 3. The summed E-state index contributed by atoms with van der Waals surface area (Å²) >= 11 is 0. The highest BCUT2D eigenvalue weighted by Gasteiger charge is 2.50. The molecule has 6 aliphatic rings. The summed E-state index contributed by atoms with van der Waals surface area (Å²) in [6.07, 6.45) is 11.2. The lowest BCUT2D eigenvalue weighted by atomic mass is 9.65. The Balaban J connectivity index is 0.000000184. The third kappa shape index (κ3) is 10.4. The Hall–Kier alpha value is -3.87. The number of hydrogen-bond acceptors (Lipinski definition) is 9. The molecular weight excluding hydrogens is 741 g/mol. The minimum absolute atomic E-state index is 0.00809. The minimum Gasteiger partial charge on any atom is -0.444 e. The van der Waals surface area contributed by atoms with Crippen LogP contribution in [-0.2, 0) is 4.74 Å². The molecule has 2 saturated carbocycles. The average molecular weight is 813 g/mol. The van der Waals surface area contributed by atoms with Gasteiger partial charge in [0.2, 0.25) is 0 Å². The monoisotopic (exact) mass is 813 g/mol. The summed E-state index contributed by atoms with van der Waals surface area (Å²) in [5, 5.41) is 16.6. The molecule has 0 aromatic heterocycles. The highest BCUT2D eigenvalue weighted by Crippen LogP contribution is 2.50. The molecule has 2 spiro atoms. The van der Waals surface area contributed by atoms with Crippen LogP contribution in [0.4, 0.5) is 16.2 Å². The number of rotatable bonds is 8. The van der Waals surface area contributed by atoms with E-state index in [0.717, 1.165) is 101 Å². The molecule has 324 valence electrons. The van der Waals surface area contributed by atoms with Crippen molar-refractivity contribution in [2.45, 2.75) is 114 Å². The van der Waals surface area contributed by atoms with Gasteiger partial charge < -0.3 is 46.0 Å². The summed E-state index contributed by atoms with van der Waals surface area (Å²) in [5.74, 6) is 0.920. The SMILES string of the molecule is CNC(=O)c1ccc(NC2CC3(CCN(C(=O)OC(C)(C)C)C3)C2)cc1C1CCN(C)CC1.CNC(=O)c1ccc(NC2CC3(CCNC3)C2)cc1C1CCN(C)CC1. The Morgan fingerprint density at radius 3 is 1.59 bits per heavy atom. The van der Waals surface area contributed by atoms with Crippen LogP contribution in [0.1, 0.15) is 129 Å². The van der Waals surface area contributed by atoms with Gasteiger partial charge in [-0.1, -0.05) is 0 Å². The van der Waals surface area contributed by atoms with E-state index in [1.807, 2.05) is 43.9 Å². The number of likely N-dealkylation sites (tertiary alicyclic amines) is 3. The highest BCUT2D eigenvalue weighted by atomic mass is 16.6. The number of nitrogens with one attached hydrogen (secondary N) is 5. The minimum atomic E-state index is -0.456. The number of anilines is 2. The van der Waals surface area contributed by atoms with Crippen molar-refractivity contribution < 1.29 is 19.1 Å². The Morgan fingerprint density at radius 2 is 1.17 bits per heavy atom. The van der Waals surface area contributed by atoms with E-state index in [0.29, 0.717) is 29.3 Å². The van der Waals surface area contributed by atoms with Crippen molar-refractivity contribution in [3.05, 3.63) is 58.7 Å². The van der Waals surface area contributed by atoms with E-state index in [-0.39, 0.29) is 23.3 Å². The third-order valence-electron chi connectivity index (χ3n) is 14.2. The molecule has 12 heteroatoms. The standard InChI is InChI=1S/C26H40N4O3.C21H32N4O/c1-25(2,3)33-24(32)30-13-10-26(17-30)15-20(16-26)28-19-6-7-21(23(31)27-4)22(14-19)18-8-11-29(5)12-9-18;1-22-20(26)18-4-3-16(11-19(18)15-5-9-25(2)10-6-15)24-17-12-21(13-17)7-8-23-14-21/h6-7,14,18,20,28H,8-13,15-17H2,1-5H3,(H,27,31);3-4,11,15,17,23-24H,5-10,12-14H2,1-2H3,(H,22,26). The zero-order valence-electron chi connectivity index (χ0n) is 37.0. The number of ether oxygens (including phenoxy) is 1. The van der Waals surface area contributed by atoms with E-state index in [1.54, 1.807) is 14.1 Å². The smallest absolute Gasteiger partial charge is 0.410 e. The van der Waals surface area contributed by atoms with Crippen molar-refractivity contribution in [3.8, 4) is 0 Å². The summed E-state index contributed by atoms with van der Waals surface area (Å²) in [7, 11) is 7.75. The van der Waals surface area contributed by atoms with Crippen molar-refractivity contribution in [1.82, 2.24) is 30.7 Å². The number of amides is 3. The van der Waals surface area contributed by atoms with Crippen molar-refractivity contribution in [1.29, 1.82) is 0 Å². The summed E-state index contributed by atoms with van der Waals surface area (Å²) in [6, 6.07) is 13.5. The van der Waals surface area contributed by atoms with Crippen LogP contribution in [0.5, 0.6) is 0 Å². The first-order valence-corrected chi connectivity index (χ1v) is 22.5. The molecule has 2 aromatic carbocycles. The molecule has 4 heterocycles. The van der Waals surface area contributed by atoms with Crippen molar-refractivity contribution in [3.63, 3.8) is 0 Å². The molecule has 0 atom stereocenters. The van der Waals surface area contributed by atoms with Crippen LogP contribution in [-0.4, -0.2) is 131 Å². The second-order valence-electron chi connectivity index (χ2n) is 20.0. The summed E-state index contributed by atoms with van der Waals surface area (Å²) in [6.45, 7) is 14.0. The Labute approximate surface area is 353 Å². The normalized spacial score (nSPS) is 27.7. The van der Waals surface area contributed by atoms with E-state index < -0.39 is 5.60 Å². The molecule has 0 unspecified atom stereocenters. The summed E-state index contributed by atoms with van der Waals surface area (Å²) < 4.78 is 5.56.